The Labute approximate surface area is 519 Å². The molecule has 0 radical (unpaired) electrons. The number of aliphatic hydroxyl groups is 1. The Hall–Kier alpha value is -7.49. The van der Waals surface area contributed by atoms with Gasteiger partial charge >= 0.3 is 0 Å². The number of carbonyl (C=O) groups excluding carboxylic acids is 2. The number of fused-ring (bicyclic) bond motifs is 1. The minimum Gasteiger partial charge on any atom is -0.486 e. The second-order valence-corrected chi connectivity index (χ2v) is 21.8. The Bertz CT molecular complexity index is 3210. The SMILES string of the molecule is CCc1cnn2c(NCc3ccc(OCCOCCOCCOCCOCCOCCOCCN(C)C/C=C/C(=O)N(C)CCOc4c(N)ncnc4-c4cc(F)cc(NC(=O)c5ccc(C6CC6)cc5F)c4C)nc3)cc(N3CCCC[C@H]3CCO)nc12. The number of nitrogens with one attached hydrogen (secondary N) is 2. The van der Waals surface area contributed by atoms with Crippen LogP contribution in [0.5, 0.6) is 11.6 Å². The maximum Gasteiger partial charge on any atom is 0.258 e. The Morgan fingerprint density at radius 1 is 0.798 bits per heavy atom. The summed E-state index contributed by atoms with van der Waals surface area (Å²) in [5, 5.41) is 20.5. The predicted molar refractivity (Wildman–Crippen MR) is 334 cm³/mol. The third-order valence-corrected chi connectivity index (χ3v) is 15.2. The molecule has 0 spiro atoms. The highest BCUT2D eigenvalue weighted by molar-refractivity contribution is 6.05. The molecular formula is C64H86F2N12O11. The number of halogens is 2. The van der Waals surface area contributed by atoms with Crippen LogP contribution in [0.4, 0.5) is 31.9 Å². The lowest BCUT2D eigenvalue weighted by Gasteiger charge is -2.36. The maximum atomic E-state index is 15.1. The lowest BCUT2D eigenvalue weighted by Crippen LogP contribution is -2.40. The predicted octanol–water partition coefficient (Wildman–Crippen LogP) is 7.30. The molecule has 6 aromatic rings. The minimum atomic E-state index is -0.717. The molecule has 2 fully saturated rings. The number of aryl methyl sites for hydroxylation is 1. The van der Waals surface area contributed by atoms with Crippen molar-refractivity contribution >= 4 is 40.6 Å². The van der Waals surface area contributed by atoms with Crippen molar-refractivity contribution in [3.63, 3.8) is 0 Å². The summed E-state index contributed by atoms with van der Waals surface area (Å²) < 4.78 is 77.4. The zero-order valence-corrected chi connectivity index (χ0v) is 51.6. The standard InChI is InChI=1S/C64H86F2N12O11/c1-5-47-43-72-78-56(40-57(74-63(47)78)77-19-7-6-9-51(77)17-22-79)68-41-46-11-16-58(69-42-46)88-36-35-87-34-33-86-32-31-85-30-29-84-28-27-83-26-25-82-23-20-75(3)18-8-10-59(80)76(4)21-24-89-61-60(70-44-71-62(61)67)53-38-50(65)39-55(45(53)2)73-64(81)52-15-14-49(37-54(52)66)48-12-13-48/h8,10-11,14-16,37-40,42-44,48,51,68,79H,5-7,9,12-13,17-36,41H2,1-4H3,(H,73,81)(H2,67,70,71)/b10-8+/t51-/m0/s1. The molecule has 5 N–H and O–H groups in total. The van der Waals surface area contributed by atoms with Gasteiger partial charge in [-0.15, -0.1) is 0 Å². The summed E-state index contributed by atoms with van der Waals surface area (Å²) in [5.41, 5.74) is 10.9. The van der Waals surface area contributed by atoms with E-state index in [0.29, 0.717) is 123 Å². The topological polar surface area (TPSA) is 257 Å². The minimum absolute atomic E-state index is 0.00182. The normalized spacial score (nSPS) is 14.3. The van der Waals surface area contributed by atoms with Crippen LogP contribution in [0.25, 0.3) is 16.9 Å². The number of benzene rings is 2. The lowest BCUT2D eigenvalue weighted by atomic mass is 9.99. The number of rotatable bonds is 40. The van der Waals surface area contributed by atoms with Crippen LogP contribution in [0.1, 0.15) is 84.0 Å². The molecule has 1 aliphatic carbocycles. The van der Waals surface area contributed by atoms with Crippen molar-refractivity contribution in [2.75, 3.05) is 161 Å². The van der Waals surface area contributed by atoms with Gasteiger partial charge in [-0.2, -0.15) is 9.61 Å². The Kier molecular flexibility index (Phi) is 27.0. The molecule has 23 nitrogen and oxygen atoms in total. The number of aromatic nitrogens is 6. The Morgan fingerprint density at radius 3 is 2.17 bits per heavy atom. The van der Waals surface area contributed by atoms with Crippen LogP contribution < -0.4 is 30.7 Å². The van der Waals surface area contributed by atoms with Gasteiger partial charge in [0.15, 0.2) is 17.2 Å². The molecule has 5 heterocycles. The van der Waals surface area contributed by atoms with E-state index in [-0.39, 0.29) is 65.8 Å². The molecule has 1 aliphatic heterocycles. The van der Waals surface area contributed by atoms with Gasteiger partial charge in [-0.05, 0) is 106 Å². The number of piperidine rings is 1. The average molecular weight is 1240 g/mol. The number of ether oxygens (including phenoxy) is 8. The number of anilines is 4. The van der Waals surface area contributed by atoms with Gasteiger partial charge in [0.1, 0.15) is 48.5 Å². The zero-order valence-electron chi connectivity index (χ0n) is 51.6. The first-order valence-electron chi connectivity index (χ1n) is 30.7. The van der Waals surface area contributed by atoms with Crippen LogP contribution in [-0.4, -0.2) is 202 Å². The van der Waals surface area contributed by atoms with Crippen molar-refractivity contribution in [3.8, 4) is 22.9 Å². The van der Waals surface area contributed by atoms with Gasteiger partial charge in [-0.3, -0.25) is 9.59 Å². The van der Waals surface area contributed by atoms with Crippen molar-refractivity contribution in [3.05, 3.63) is 119 Å². The summed E-state index contributed by atoms with van der Waals surface area (Å²) in [5.74, 6) is 0.417. The first kappa shape index (κ1) is 67.4. The van der Waals surface area contributed by atoms with E-state index in [4.69, 9.17) is 48.6 Å². The van der Waals surface area contributed by atoms with E-state index in [2.05, 4.69) is 48.6 Å². The lowest BCUT2D eigenvalue weighted by molar-refractivity contribution is -0.125. The molecule has 2 aromatic carbocycles. The number of carbonyl (C=O) groups is 2. The van der Waals surface area contributed by atoms with Crippen molar-refractivity contribution in [1.82, 2.24) is 39.3 Å². The van der Waals surface area contributed by atoms with Gasteiger partial charge in [-0.25, -0.2) is 28.7 Å². The molecule has 2 amide bonds. The second kappa shape index (κ2) is 35.6. The quantitative estimate of drug-likeness (QED) is 0.0217. The third-order valence-electron chi connectivity index (χ3n) is 15.2. The number of amides is 2. The van der Waals surface area contributed by atoms with Crippen LogP contribution in [0.15, 0.2) is 79.4 Å². The van der Waals surface area contributed by atoms with E-state index < -0.39 is 17.5 Å². The fourth-order valence-corrected chi connectivity index (χ4v) is 9.99. The second-order valence-electron chi connectivity index (χ2n) is 21.8. The van der Waals surface area contributed by atoms with Crippen molar-refractivity contribution in [2.45, 2.75) is 77.3 Å². The zero-order chi connectivity index (χ0) is 62.7. The van der Waals surface area contributed by atoms with E-state index in [0.717, 1.165) is 91.5 Å². The number of nitrogen functional groups attached to an aromatic ring is 1. The molecule has 0 bridgehead atoms. The van der Waals surface area contributed by atoms with E-state index in [1.807, 2.05) is 34.8 Å². The van der Waals surface area contributed by atoms with E-state index >= 15 is 4.39 Å². The third kappa shape index (κ3) is 20.8. The number of pyridine rings is 1. The molecule has 1 atom stereocenters. The molecule has 89 heavy (non-hydrogen) atoms. The van der Waals surface area contributed by atoms with Crippen LogP contribution in [-0.2, 0) is 46.2 Å². The number of hydrogen-bond acceptors (Lipinski definition) is 20. The summed E-state index contributed by atoms with van der Waals surface area (Å²) >= 11 is 0. The molecule has 25 heteroatoms. The number of aliphatic hydroxyl groups excluding tert-OH is 1. The Morgan fingerprint density at radius 2 is 1.51 bits per heavy atom. The van der Waals surface area contributed by atoms with Crippen molar-refractivity contribution in [2.24, 2.45) is 0 Å². The van der Waals surface area contributed by atoms with Crippen molar-refractivity contribution < 1.29 is 61.4 Å². The van der Waals surface area contributed by atoms with Gasteiger partial charge < -0.3 is 74.1 Å². The molecule has 4 aromatic heterocycles. The largest absolute Gasteiger partial charge is 0.486 e. The van der Waals surface area contributed by atoms with Gasteiger partial charge in [0, 0.05) is 87.1 Å². The fourth-order valence-electron chi connectivity index (χ4n) is 9.99. The average Bonchev–Trinajstić information content (AvgIpc) is 3.03. The number of hydrogen-bond donors (Lipinski definition) is 4. The van der Waals surface area contributed by atoms with Crippen LogP contribution in [0.2, 0.25) is 0 Å². The van der Waals surface area contributed by atoms with Gasteiger partial charge in [-0.1, -0.05) is 25.1 Å². The molecular weight excluding hydrogens is 1150 g/mol. The van der Waals surface area contributed by atoms with E-state index in [1.165, 1.54) is 35.5 Å². The maximum absolute atomic E-state index is 15.1. The molecule has 2 aliphatic rings. The van der Waals surface area contributed by atoms with Crippen LogP contribution in [0.3, 0.4) is 0 Å². The molecule has 1 saturated heterocycles. The van der Waals surface area contributed by atoms with E-state index in [9.17, 15) is 19.1 Å². The highest BCUT2D eigenvalue weighted by atomic mass is 19.1. The number of nitrogens with two attached hydrogens (primary N) is 1. The van der Waals surface area contributed by atoms with Gasteiger partial charge in [0.05, 0.1) is 97.6 Å². The van der Waals surface area contributed by atoms with Gasteiger partial charge in [0.25, 0.3) is 5.91 Å². The number of likely N-dealkylation sites (N-methyl/N-ethyl adjacent to an activating group) is 2. The Balaban J connectivity index is 0.589. The summed E-state index contributed by atoms with van der Waals surface area (Å²) in [6.07, 6.45) is 15.0. The fraction of sp³-hybridized carbons (Fsp3) is 0.516. The molecule has 0 unspecified atom stereocenters. The molecule has 8 rings (SSSR count). The summed E-state index contributed by atoms with van der Waals surface area (Å²) in [7, 11) is 3.56. The number of nitrogens with zero attached hydrogens (tertiary/aromatic N) is 9. The van der Waals surface area contributed by atoms with E-state index in [1.54, 1.807) is 32.3 Å². The highest BCUT2D eigenvalue weighted by Gasteiger charge is 2.27. The van der Waals surface area contributed by atoms with Crippen molar-refractivity contribution in [1.29, 1.82) is 0 Å². The first-order valence-corrected chi connectivity index (χ1v) is 30.7. The molecule has 1 saturated carbocycles. The van der Waals surface area contributed by atoms with Gasteiger partial charge in [0.2, 0.25) is 11.8 Å². The van der Waals surface area contributed by atoms with Crippen LogP contribution >= 0.6 is 0 Å². The first-order chi connectivity index (χ1) is 43.4. The summed E-state index contributed by atoms with van der Waals surface area (Å²) in [6.45, 7) is 12.4. The monoisotopic (exact) mass is 1240 g/mol. The smallest absolute Gasteiger partial charge is 0.258 e. The summed E-state index contributed by atoms with van der Waals surface area (Å²) in [6, 6.07) is 13.1. The molecule has 482 valence electrons. The van der Waals surface area contributed by atoms with Crippen LogP contribution in [0, 0.1) is 18.6 Å². The highest BCUT2D eigenvalue weighted by Crippen LogP contribution is 2.41. The summed E-state index contributed by atoms with van der Waals surface area (Å²) in [4.78, 5) is 49.8.